The van der Waals surface area contributed by atoms with Gasteiger partial charge < -0.3 is 5.73 Å². The first kappa shape index (κ1) is 15.5. The van der Waals surface area contributed by atoms with Crippen LogP contribution >= 0.6 is 0 Å². The Morgan fingerprint density at radius 2 is 1.70 bits per heavy atom. The number of hydrogen-bond donors (Lipinski definition) is 2. The molecule has 1 heterocycles. The van der Waals surface area contributed by atoms with E-state index >= 15 is 0 Å². The summed E-state index contributed by atoms with van der Waals surface area (Å²) in [6, 6.07) is 8.87. The molecule has 0 bridgehead atoms. The summed E-state index contributed by atoms with van der Waals surface area (Å²) in [5.74, 6) is -0.609. The fourth-order valence-corrected chi connectivity index (χ4v) is 2.56. The number of alkyl halides is 3. The molecule has 1 aliphatic rings. The predicted octanol–water partition coefficient (Wildman–Crippen LogP) is 2.98. The third-order valence-corrected chi connectivity index (χ3v) is 3.82. The summed E-state index contributed by atoms with van der Waals surface area (Å²) in [4.78, 5) is 11.7. The average Bonchev–Trinajstić information content (AvgIpc) is 2.52. The fourth-order valence-electron chi connectivity index (χ4n) is 2.56. The summed E-state index contributed by atoms with van der Waals surface area (Å²) in [6.45, 7) is 0. The van der Waals surface area contributed by atoms with Crippen LogP contribution in [0, 0.1) is 0 Å². The molecule has 0 fully saturated rings. The van der Waals surface area contributed by atoms with Gasteiger partial charge in [-0.25, -0.2) is 0 Å². The largest absolute Gasteiger partial charge is 0.416 e. The molecular formula is C16H13F3N2O2. The molecule has 1 aliphatic heterocycles. The smallest absolute Gasteiger partial charge is 0.320 e. The summed E-state index contributed by atoms with van der Waals surface area (Å²) in [7, 11) is 0. The van der Waals surface area contributed by atoms with Gasteiger partial charge in [-0.15, -0.1) is 0 Å². The second-order valence-corrected chi connectivity index (χ2v) is 5.38. The number of fused-ring (bicyclic) bond motifs is 1. The average molecular weight is 322 g/mol. The van der Waals surface area contributed by atoms with Crippen LogP contribution in [-0.2, 0) is 17.4 Å². The van der Waals surface area contributed by atoms with E-state index in [2.05, 4.69) is 0 Å². The second kappa shape index (κ2) is 5.36. The molecule has 2 aromatic carbocycles. The Labute approximate surface area is 129 Å². The van der Waals surface area contributed by atoms with Gasteiger partial charge in [-0.3, -0.25) is 10.0 Å². The molecule has 0 aliphatic carbocycles. The van der Waals surface area contributed by atoms with E-state index in [0.717, 1.165) is 12.1 Å². The molecule has 1 unspecified atom stereocenters. The van der Waals surface area contributed by atoms with Crippen molar-refractivity contribution in [3.05, 3.63) is 53.6 Å². The predicted molar refractivity (Wildman–Crippen MR) is 77.8 cm³/mol. The van der Waals surface area contributed by atoms with Crippen molar-refractivity contribution in [3.63, 3.8) is 0 Å². The fraction of sp³-hybridized carbons (Fsp3) is 0.188. The summed E-state index contributed by atoms with van der Waals surface area (Å²) in [6.07, 6.45) is -4.09. The lowest BCUT2D eigenvalue weighted by atomic mass is 9.95. The Kier molecular flexibility index (Phi) is 3.62. The van der Waals surface area contributed by atoms with Gasteiger partial charge in [-0.1, -0.05) is 24.3 Å². The molecule has 0 aromatic heterocycles. The summed E-state index contributed by atoms with van der Waals surface area (Å²) < 4.78 is 37.8. The first-order chi connectivity index (χ1) is 10.8. The molecule has 7 heteroatoms. The van der Waals surface area contributed by atoms with Gasteiger partial charge in [0.1, 0.15) is 0 Å². The molecule has 0 radical (unpaired) electrons. The number of benzene rings is 2. The van der Waals surface area contributed by atoms with Crippen molar-refractivity contribution in [2.45, 2.75) is 18.6 Å². The van der Waals surface area contributed by atoms with Crippen LogP contribution in [0.15, 0.2) is 42.5 Å². The molecule has 120 valence electrons. The van der Waals surface area contributed by atoms with Gasteiger partial charge in [0, 0.05) is 0 Å². The minimum atomic E-state index is -4.39. The third kappa shape index (κ3) is 2.80. The Morgan fingerprint density at radius 3 is 2.30 bits per heavy atom. The number of anilines is 1. The second-order valence-electron chi connectivity index (χ2n) is 5.38. The van der Waals surface area contributed by atoms with Crippen LogP contribution in [0.4, 0.5) is 18.9 Å². The number of carbonyl (C=O) groups is 1. The van der Waals surface area contributed by atoms with E-state index in [1.54, 1.807) is 18.2 Å². The first-order valence-corrected chi connectivity index (χ1v) is 6.86. The zero-order valence-electron chi connectivity index (χ0n) is 11.8. The van der Waals surface area contributed by atoms with Crippen molar-refractivity contribution in [1.29, 1.82) is 0 Å². The molecule has 3 N–H and O–H groups in total. The molecule has 0 spiro atoms. The van der Waals surface area contributed by atoms with Crippen LogP contribution in [0.2, 0.25) is 0 Å². The highest BCUT2D eigenvalue weighted by atomic mass is 19.4. The number of halogens is 3. The lowest BCUT2D eigenvalue weighted by Gasteiger charge is -2.28. The lowest BCUT2D eigenvalue weighted by molar-refractivity contribution is -0.137. The molecule has 3 rings (SSSR count). The number of hydrogen-bond acceptors (Lipinski definition) is 3. The van der Waals surface area contributed by atoms with Crippen LogP contribution in [0.25, 0.3) is 11.1 Å². The number of carbonyl (C=O) groups excluding carboxylic acids is 1. The van der Waals surface area contributed by atoms with Crippen molar-refractivity contribution in [2.75, 3.05) is 5.06 Å². The van der Waals surface area contributed by atoms with Crippen molar-refractivity contribution in [1.82, 2.24) is 0 Å². The van der Waals surface area contributed by atoms with Gasteiger partial charge in [-0.05, 0) is 41.3 Å². The van der Waals surface area contributed by atoms with Crippen molar-refractivity contribution in [2.24, 2.45) is 5.73 Å². The highest BCUT2D eigenvalue weighted by Crippen LogP contribution is 2.34. The van der Waals surface area contributed by atoms with Crippen molar-refractivity contribution in [3.8, 4) is 11.1 Å². The molecule has 2 aromatic rings. The van der Waals surface area contributed by atoms with Gasteiger partial charge in [0.25, 0.3) is 5.91 Å². The van der Waals surface area contributed by atoms with E-state index in [1.807, 2.05) is 0 Å². The van der Waals surface area contributed by atoms with Crippen LogP contribution in [-0.4, -0.2) is 17.2 Å². The highest BCUT2D eigenvalue weighted by Gasteiger charge is 2.31. The van der Waals surface area contributed by atoms with Crippen LogP contribution in [0.1, 0.15) is 11.1 Å². The summed E-state index contributed by atoms with van der Waals surface area (Å²) in [5.41, 5.74) is 7.05. The Morgan fingerprint density at radius 1 is 1.09 bits per heavy atom. The summed E-state index contributed by atoms with van der Waals surface area (Å²) in [5, 5.41) is 10.4. The molecular weight excluding hydrogens is 309 g/mol. The van der Waals surface area contributed by atoms with E-state index in [9.17, 15) is 23.2 Å². The normalized spacial score (nSPS) is 18.0. The molecule has 1 atom stereocenters. The van der Waals surface area contributed by atoms with Gasteiger partial charge in [-0.2, -0.15) is 18.2 Å². The van der Waals surface area contributed by atoms with Gasteiger partial charge in [0.2, 0.25) is 0 Å². The number of hydroxylamine groups is 1. The van der Waals surface area contributed by atoms with Gasteiger partial charge in [0.05, 0.1) is 17.3 Å². The molecule has 0 saturated carbocycles. The topological polar surface area (TPSA) is 66.6 Å². The highest BCUT2D eigenvalue weighted by molar-refractivity contribution is 5.98. The Balaban J connectivity index is 1.98. The zero-order valence-corrected chi connectivity index (χ0v) is 11.8. The Bertz CT molecular complexity index is 757. The van der Waals surface area contributed by atoms with E-state index < -0.39 is 23.7 Å². The Hall–Kier alpha value is -2.38. The maximum atomic E-state index is 12.6. The number of amides is 1. The number of nitrogens with two attached hydrogens (primary N) is 1. The number of rotatable bonds is 1. The quantitative estimate of drug-likeness (QED) is 0.793. The minimum absolute atomic E-state index is 0.300. The first-order valence-electron chi connectivity index (χ1n) is 6.86. The lowest BCUT2D eigenvalue weighted by Crippen LogP contribution is -2.47. The standard InChI is InChI=1S/C16H13F3N2O2/c17-16(18,19)12-5-3-9(4-6-12)10-1-2-11-7-13(20)15(22)21(23)14(11)8-10/h1-6,8,13,23H,7,20H2. The van der Waals surface area contributed by atoms with Crippen LogP contribution in [0.5, 0.6) is 0 Å². The van der Waals surface area contributed by atoms with Crippen molar-refractivity contribution >= 4 is 11.6 Å². The summed E-state index contributed by atoms with van der Waals surface area (Å²) >= 11 is 0. The zero-order chi connectivity index (χ0) is 16.8. The van der Waals surface area contributed by atoms with Crippen LogP contribution < -0.4 is 10.8 Å². The van der Waals surface area contributed by atoms with Gasteiger partial charge in [0.15, 0.2) is 0 Å². The molecule has 23 heavy (non-hydrogen) atoms. The maximum Gasteiger partial charge on any atom is 0.416 e. The third-order valence-electron chi connectivity index (χ3n) is 3.82. The van der Waals surface area contributed by atoms with E-state index in [-0.39, 0.29) is 0 Å². The minimum Gasteiger partial charge on any atom is -0.320 e. The van der Waals surface area contributed by atoms with Crippen molar-refractivity contribution < 1.29 is 23.2 Å². The molecule has 4 nitrogen and oxygen atoms in total. The molecule has 0 saturated heterocycles. The molecule has 1 amide bonds. The van der Waals surface area contributed by atoms with E-state index in [0.29, 0.717) is 33.9 Å². The van der Waals surface area contributed by atoms with Gasteiger partial charge >= 0.3 is 6.18 Å². The number of nitrogens with zero attached hydrogens (tertiary/aromatic N) is 1. The van der Waals surface area contributed by atoms with E-state index in [1.165, 1.54) is 12.1 Å². The van der Waals surface area contributed by atoms with Crippen LogP contribution in [0.3, 0.4) is 0 Å². The SMILES string of the molecule is NC1Cc2ccc(-c3ccc(C(F)(F)F)cc3)cc2N(O)C1=O. The maximum absolute atomic E-state index is 12.6. The van der Waals surface area contributed by atoms with E-state index in [4.69, 9.17) is 5.73 Å². The monoisotopic (exact) mass is 322 g/mol.